The van der Waals surface area contributed by atoms with Gasteiger partial charge >= 0.3 is 0 Å². The van der Waals surface area contributed by atoms with E-state index in [1.165, 1.54) is 29.2 Å². The third-order valence-corrected chi connectivity index (χ3v) is 3.52. The maximum absolute atomic E-state index is 13.2. The summed E-state index contributed by atoms with van der Waals surface area (Å²) in [4.78, 5) is 25.5. The summed E-state index contributed by atoms with van der Waals surface area (Å²) in [5.74, 6) is -3.17. The fourth-order valence-electron chi connectivity index (χ4n) is 2.22. The van der Waals surface area contributed by atoms with Gasteiger partial charge in [-0.2, -0.15) is 0 Å². The topological polar surface area (TPSA) is 49.4 Å². The van der Waals surface area contributed by atoms with Gasteiger partial charge in [0.15, 0.2) is 0 Å². The Morgan fingerprint density at radius 3 is 2.12 bits per heavy atom. The number of nitrogens with zero attached hydrogens (tertiary/aromatic N) is 1. The van der Waals surface area contributed by atoms with E-state index in [2.05, 4.69) is 5.32 Å². The molecule has 0 spiro atoms. The highest BCUT2D eigenvalue weighted by Crippen LogP contribution is 2.11. The smallest absolute Gasteiger partial charge is 0.254 e. The van der Waals surface area contributed by atoms with E-state index in [9.17, 15) is 22.8 Å². The summed E-state index contributed by atoms with van der Waals surface area (Å²) in [5.41, 5.74) is 0.544. The van der Waals surface area contributed by atoms with Crippen LogP contribution in [0.25, 0.3) is 0 Å². The number of likely N-dealkylation sites (N-methyl/N-ethyl adjacent to an activating group) is 1. The van der Waals surface area contributed by atoms with Crippen molar-refractivity contribution in [2.75, 3.05) is 13.1 Å². The Morgan fingerprint density at radius 1 is 0.960 bits per heavy atom. The van der Waals surface area contributed by atoms with Crippen LogP contribution < -0.4 is 5.32 Å². The third kappa shape index (κ3) is 5.34. The van der Waals surface area contributed by atoms with Crippen LogP contribution in [0.3, 0.4) is 0 Å². The largest absolute Gasteiger partial charge is 0.350 e. The maximum Gasteiger partial charge on any atom is 0.254 e. The summed E-state index contributed by atoms with van der Waals surface area (Å²) in [7, 11) is 0. The van der Waals surface area contributed by atoms with Crippen molar-refractivity contribution in [1.29, 1.82) is 0 Å². The molecule has 7 heteroatoms. The number of benzene rings is 2. The standard InChI is InChI=1S/C18H17F3N2O2/c1-2-23(18(25)13-7-15(20)9-16(21)8-13)11-17(24)22-10-12-3-5-14(19)6-4-12/h3-9H,2,10-11H2,1H3,(H,22,24). The van der Waals surface area contributed by atoms with Gasteiger partial charge in [0, 0.05) is 24.7 Å². The third-order valence-electron chi connectivity index (χ3n) is 3.52. The molecule has 2 rings (SSSR count). The lowest BCUT2D eigenvalue weighted by atomic mass is 10.2. The summed E-state index contributed by atoms with van der Waals surface area (Å²) >= 11 is 0. The van der Waals surface area contributed by atoms with Gasteiger partial charge in [-0.05, 0) is 36.8 Å². The van der Waals surface area contributed by atoms with E-state index in [0.29, 0.717) is 11.6 Å². The van der Waals surface area contributed by atoms with E-state index in [0.717, 1.165) is 12.1 Å². The minimum Gasteiger partial charge on any atom is -0.350 e. The molecule has 0 aromatic heterocycles. The zero-order chi connectivity index (χ0) is 18.4. The van der Waals surface area contributed by atoms with Gasteiger partial charge in [-0.25, -0.2) is 13.2 Å². The second kappa shape index (κ2) is 8.32. The number of amides is 2. The zero-order valence-electron chi connectivity index (χ0n) is 13.6. The van der Waals surface area contributed by atoms with Crippen LogP contribution in [0, 0.1) is 17.5 Å². The number of rotatable bonds is 6. The van der Waals surface area contributed by atoms with Crippen LogP contribution in [0.5, 0.6) is 0 Å². The van der Waals surface area contributed by atoms with Crippen LogP contribution >= 0.6 is 0 Å². The lowest BCUT2D eigenvalue weighted by molar-refractivity contribution is -0.121. The first kappa shape index (κ1) is 18.5. The van der Waals surface area contributed by atoms with Gasteiger partial charge in [0.1, 0.15) is 17.5 Å². The van der Waals surface area contributed by atoms with Crippen LogP contribution in [-0.2, 0) is 11.3 Å². The summed E-state index contributed by atoms with van der Waals surface area (Å²) in [6.45, 7) is 1.77. The molecule has 2 amide bonds. The Labute approximate surface area is 143 Å². The molecule has 0 aliphatic heterocycles. The highest BCUT2D eigenvalue weighted by atomic mass is 19.1. The van der Waals surface area contributed by atoms with Gasteiger partial charge in [0.25, 0.3) is 5.91 Å². The molecule has 0 unspecified atom stereocenters. The van der Waals surface area contributed by atoms with Crippen molar-refractivity contribution in [3.05, 3.63) is 71.0 Å². The number of carbonyl (C=O) groups excluding carboxylic acids is 2. The summed E-state index contributed by atoms with van der Waals surface area (Å²) in [6.07, 6.45) is 0. The monoisotopic (exact) mass is 350 g/mol. The summed E-state index contributed by atoms with van der Waals surface area (Å²) in [5, 5.41) is 2.61. The molecule has 0 aliphatic carbocycles. The van der Waals surface area contributed by atoms with Crippen molar-refractivity contribution >= 4 is 11.8 Å². The van der Waals surface area contributed by atoms with Crippen molar-refractivity contribution in [3.8, 4) is 0 Å². The van der Waals surface area contributed by atoms with Gasteiger partial charge in [0.2, 0.25) is 5.91 Å². The predicted molar refractivity (Wildman–Crippen MR) is 86.2 cm³/mol. The van der Waals surface area contributed by atoms with E-state index in [4.69, 9.17) is 0 Å². The molecule has 0 saturated carbocycles. The number of hydrogen-bond acceptors (Lipinski definition) is 2. The minimum absolute atomic E-state index is 0.161. The second-order valence-electron chi connectivity index (χ2n) is 5.38. The SMILES string of the molecule is CCN(CC(=O)NCc1ccc(F)cc1)C(=O)c1cc(F)cc(F)c1. The Balaban J connectivity index is 1.96. The van der Waals surface area contributed by atoms with E-state index in [1.54, 1.807) is 6.92 Å². The average molecular weight is 350 g/mol. The zero-order valence-corrected chi connectivity index (χ0v) is 13.6. The molecule has 25 heavy (non-hydrogen) atoms. The van der Waals surface area contributed by atoms with Crippen LogP contribution in [0.4, 0.5) is 13.2 Å². The Bertz CT molecular complexity index is 743. The van der Waals surface area contributed by atoms with Crippen molar-refractivity contribution in [2.24, 2.45) is 0 Å². The Morgan fingerprint density at radius 2 is 1.56 bits per heavy atom. The molecule has 132 valence electrons. The molecule has 1 N–H and O–H groups in total. The highest BCUT2D eigenvalue weighted by molar-refractivity contribution is 5.96. The van der Waals surface area contributed by atoms with Crippen LogP contribution in [0.2, 0.25) is 0 Å². The summed E-state index contributed by atoms with van der Waals surface area (Å²) < 4.78 is 39.3. The van der Waals surface area contributed by atoms with E-state index < -0.39 is 23.4 Å². The maximum atomic E-state index is 13.2. The fraction of sp³-hybridized carbons (Fsp3) is 0.222. The van der Waals surface area contributed by atoms with E-state index in [1.807, 2.05) is 0 Å². The Kier molecular flexibility index (Phi) is 6.16. The quantitative estimate of drug-likeness (QED) is 0.871. The molecule has 0 radical (unpaired) electrons. The number of carbonyl (C=O) groups is 2. The lowest BCUT2D eigenvalue weighted by Crippen LogP contribution is -2.40. The molecule has 4 nitrogen and oxygen atoms in total. The van der Waals surface area contributed by atoms with E-state index in [-0.39, 0.29) is 31.0 Å². The van der Waals surface area contributed by atoms with Crippen molar-refractivity contribution in [2.45, 2.75) is 13.5 Å². The highest BCUT2D eigenvalue weighted by Gasteiger charge is 2.18. The number of halogens is 3. The minimum atomic E-state index is -0.861. The fourth-order valence-corrected chi connectivity index (χ4v) is 2.22. The molecular weight excluding hydrogens is 333 g/mol. The Hall–Kier alpha value is -2.83. The number of nitrogens with one attached hydrogen (secondary N) is 1. The normalized spacial score (nSPS) is 10.4. The predicted octanol–water partition coefficient (Wildman–Crippen LogP) is 2.88. The number of hydrogen-bond donors (Lipinski definition) is 1. The van der Waals surface area contributed by atoms with Crippen LogP contribution in [0.15, 0.2) is 42.5 Å². The molecule has 0 fully saturated rings. The van der Waals surface area contributed by atoms with Gasteiger partial charge in [0.05, 0.1) is 6.54 Å². The van der Waals surface area contributed by atoms with Gasteiger partial charge in [-0.15, -0.1) is 0 Å². The molecule has 0 bridgehead atoms. The first-order valence-corrected chi connectivity index (χ1v) is 7.65. The van der Waals surface area contributed by atoms with Gasteiger partial charge in [-0.3, -0.25) is 9.59 Å². The molecular formula is C18H17F3N2O2. The van der Waals surface area contributed by atoms with Crippen LogP contribution in [0.1, 0.15) is 22.8 Å². The van der Waals surface area contributed by atoms with Crippen LogP contribution in [-0.4, -0.2) is 29.8 Å². The molecule has 0 heterocycles. The first-order valence-electron chi connectivity index (χ1n) is 7.65. The first-order chi connectivity index (χ1) is 11.9. The van der Waals surface area contributed by atoms with Crippen molar-refractivity contribution < 1.29 is 22.8 Å². The molecule has 2 aromatic rings. The van der Waals surface area contributed by atoms with Crippen molar-refractivity contribution in [1.82, 2.24) is 10.2 Å². The van der Waals surface area contributed by atoms with E-state index >= 15 is 0 Å². The lowest BCUT2D eigenvalue weighted by Gasteiger charge is -2.20. The average Bonchev–Trinajstić information content (AvgIpc) is 2.57. The molecule has 2 aromatic carbocycles. The van der Waals surface area contributed by atoms with Crippen molar-refractivity contribution in [3.63, 3.8) is 0 Å². The second-order valence-corrected chi connectivity index (χ2v) is 5.38. The molecule has 0 saturated heterocycles. The summed E-state index contributed by atoms with van der Waals surface area (Å²) in [6, 6.07) is 8.14. The molecule has 0 aliphatic rings. The van der Waals surface area contributed by atoms with Gasteiger partial charge < -0.3 is 10.2 Å². The van der Waals surface area contributed by atoms with Gasteiger partial charge in [-0.1, -0.05) is 12.1 Å². The molecule has 0 atom stereocenters.